The van der Waals surface area contributed by atoms with Crippen molar-refractivity contribution in [2.75, 3.05) is 19.7 Å². The first kappa shape index (κ1) is 26.2. The number of rotatable bonds is 8. The Kier molecular flexibility index (Phi) is 7.77. The van der Waals surface area contributed by atoms with E-state index in [1.54, 1.807) is 21.8 Å². The van der Waals surface area contributed by atoms with E-state index in [-0.39, 0.29) is 18.2 Å². The van der Waals surface area contributed by atoms with Crippen LogP contribution in [0.15, 0.2) is 49.1 Å². The SMILES string of the molecule is CCCCOC(=O)N1CCC(n2ncc(-c3cc(O[C@H](C)c4ccccn4)c4c(C#N)cnn4c3)c2C)CC1. The van der Waals surface area contributed by atoms with Crippen LogP contribution in [0.25, 0.3) is 16.6 Å². The highest BCUT2D eigenvalue weighted by atomic mass is 16.6. The monoisotopic (exact) mass is 527 g/mol. The van der Waals surface area contributed by atoms with Gasteiger partial charge in [-0.05, 0) is 51.3 Å². The molecule has 1 aliphatic rings. The van der Waals surface area contributed by atoms with E-state index in [0.29, 0.717) is 36.5 Å². The number of aromatic nitrogens is 5. The van der Waals surface area contributed by atoms with Crippen molar-refractivity contribution in [3.05, 3.63) is 66.0 Å². The third-order valence-corrected chi connectivity index (χ3v) is 7.25. The molecule has 4 aromatic heterocycles. The number of hydrogen-bond acceptors (Lipinski definition) is 7. The fourth-order valence-corrected chi connectivity index (χ4v) is 5.03. The van der Waals surface area contributed by atoms with E-state index in [4.69, 9.17) is 14.6 Å². The molecule has 0 aromatic carbocycles. The lowest BCUT2D eigenvalue weighted by atomic mass is 10.0. The Morgan fingerprint density at radius 1 is 1.23 bits per heavy atom. The number of pyridine rings is 2. The van der Waals surface area contributed by atoms with E-state index >= 15 is 0 Å². The summed E-state index contributed by atoms with van der Waals surface area (Å²) in [4.78, 5) is 18.5. The van der Waals surface area contributed by atoms with Gasteiger partial charge in [0, 0.05) is 42.3 Å². The van der Waals surface area contributed by atoms with Crippen LogP contribution in [0.5, 0.6) is 5.75 Å². The summed E-state index contributed by atoms with van der Waals surface area (Å²) in [5, 5.41) is 18.8. The lowest BCUT2D eigenvalue weighted by molar-refractivity contribution is 0.0863. The van der Waals surface area contributed by atoms with Crippen LogP contribution in [0.2, 0.25) is 0 Å². The minimum Gasteiger partial charge on any atom is -0.482 e. The summed E-state index contributed by atoms with van der Waals surface area (Å²) in [6, 6.07) is 10.1. The van der Waals surface area contributed by atoms with E-state index in [1.165, 1.54) is 0 Å². The molecule has 0 spiro atoms. The van der Waals surface area contributed by atoms with E-state index in [1.807, 2.05) is 43.6 Å². The molecule has 39 heavy (non-hydrogen) atoms. The molecule has 202 valence electrons. The van der Waals surface area contributed by atoms with Gasteiger partial charge in [-0.15, -0.1) is 0 Å². The quantitative estimate of drug-likeness (QED) is 0.279. The van der Waals surface area contributed by atoms with Crippen molar-refractivity contribution in [3.63, 3.8) is 0 Å². The van der Waals surface area contributed by atoms with Gasteiger partial charge in [0.25, 0.3) is 0 Å². The number of ether oxygens (including phenoxy) is 2. The first-order valence-corrected chi connectivity index (χ1v) is 13.4. The minimum atomic E-state index is -0.325. The second kappa shape index (κ2) is 11.6. The zero-order valence-electron chi connectivity index (χ0n) is 22.6. The normalized spacial score (nSPS) is 14.8. The summed E-state index contributed by atoms with van der Waals surface area (Å²) in [5.74, 6) is 0.557. The highest BCUT2D eigenvalue weighted by molar-refractivity contribution is 5.76. The van der Waals surface area contributed by atoms with Gasteiger partial charge in [0.05, 0.1) is 30.7 Å². The van der Waals surface area contributed by atoms with Gasteiger partial charge in [-0.3, -0.25) is 9.67 Å². The molecule has 1 fully saturated rings. The molecule has 0 radical (unpaired) electrons. The van der Waals surface area contributed by atoms with Crippen LogP contribution in [0.1, 0.15) is 68.6 Å². The lowest BCUT2D eigenvalue weighted by Crippen LogP contribution is -2.39. The number of hydrogen-bond donors (Lipinski definition) is 0. The number of carbonyl (C=O) groups is 1. The Morgan fingerprint density at radius 2 is 2.05 bits per heavy atom. The summed E-state index contributed by atoms with van der Waals surface area (Å²) in [5.41, 5.74) is 4.73. The number of likely N-dealkylation sites (tertiary alicyclic amines) is 1. The summed E-state index contributed by atoms with van der Waals surface area (Å²) in [7, 11) is 0. The van der Waals surface area contributed by atoms with Gasteiger partial charge in [-0.25, -0.2) is 9.31 Å². The Bertz CT molecular complexity index is 1480. The number of nitriles is 1. The van der Waals surface area contributed by atoms with Crippen molar-refractivity contribution >= 4 is 11.6 Å². The average molecular weight is 528 g/mol. The molecular formula is C29H33N7O3. The first-order valence-electron chi connectivity index (χ1n) is 13.4. The highest BCUT2D eigenvalue weighted by Gasteiger charge is 2.27. The van der Waals surface area contributed by atoms with Crippen LogP contribution < -0.4 is 4.74 Å². The Balaban J connectivity index is 1.38. The molecule has 1 saturated heterocycles. The van der Waals surface area contributed by atoms with Gasteiger partial charge in [-0.2, -0.15) is 15.5 Å². The molecule has 5 rings (SSSR count). The number of carbonyl (C=O) groups excluding carboxylic acids is 1. The molecule has 0 unspecified atom stereocenters. The zero-order chi connectivity index (χ0) is 27.4. The predicted molar refractivity (Wildman–Crippen MR) is 145 cm³/mol. The molecule has 1 amide bonds. The largest absolute Gasteiger partial charge is 0.482 e. The molecule has 10 heteroatoms. The second-order valence-corrected chi connectivity index (χ2v) is 9.85. The van der Waals surface area contributed by atoms with Gasteiger partial charge >= 0.3 is 6.09 Å². The van der Waals surface area contributed by atoms with Crippen LogP contribution in [0.3, 0.4) is 0 Å². The number of nitrogens with zero attached hydrogens (tertiary/aromatic N) is 7. The smallest absolute Gasteiger partial charge is 0.409 e. The third-order valence-electron chi connectivity index (χ3n) is 7.25. The van der Waals surface area contributed by atoms with E-state index < -0.39 is 0 Å². The summed E-state index contributed by atoms with van der Waals surface area (Å²) in [6.45, 7) is 7.82. The Morgan fingerprint density at radius 3 is 2.77 bits per heavy atom. The van der Waals surface area contributed by atoms with Gasteiger partial charge in [0.15, 0.2) is 0 Å². The van der Waals surface area contributed by atoms with E-state index in [9.17, 15) is 10.1 Å². The van der Waals surface area contributed by atoms with Crippen LogP contribution >= 0.6 is 0 Å². The molecule has 0 saturated carbocycles. The predicted octanol–water partition coefficient (Wildman–Crippen LogP) is 5.49. The summed E-state index contributed by atoms with van der Waals surface area (Å²) >= 11 is 0. The van der Waals surface area contributed by atoms with Crippen LogP contribution in [0.4, 0.5) is 4.79 Å². The van der Waals surface area contributed by atoms with Crippen molar-refractivity contribution in [3.8, 4) is 22.9 Å². The van der Waals surface area contributed by atoms with Gasteiger partial charge in [0.1, 0.15) is 29.0 Å². The molecule has 0 bridgehead atoms. The van der Waals surface area contributed by atoms with Crippen molar-refractivity contribution in [1.29, 1.82) is 5.26 Å². The van der Waals surface area contributed by atoms with E-state index in [2.05, 4.69) is 34.7 Å². The topological polar surface area (TPSA) is 111 Å². The molecule has 1 atom stereocenters. The van der Waals surface area contributed by atoms with Crippen LogP contribution in [-0.4, -0.2) is 55.1 Å². The van der Waals surface area contributed by atoms with Crippen molar-refractivity contribution in [2.24, 2.45) is 0 Å². The second-order valence-electron chi connectivity index (χ2n) is 9.85. The zero-order valence-corrected chi connectivity index (χ0v) is 22.6. The van der Waals surface area contributed by atoms with Gasteiger partial charge < -0.3 is 14.4 Å². The standard InChI is InChI=1S/C29H33N7O3/c1-4-5-14-38-29(37)34-12-9-24(10-13-34)36-20(2)25(18-33-36)22-15-27(28-23(16-30)17-32-35(28)19-22)39-21(3)26-8-6-7-11-31-26/h6-8,11,15,17-19,21,24H,4-5,9-10,12-14H2,1-3H3/t21-/m1/s1. The van der Waals surface area contributed by atoms with E-state index in [0.717, 1.165) is 48.2 Å². The number of fused-ring (bicyclic) bond motifs is 1. The first-order chi connectivity index (χ1) is 19.0. The molecule has 0 N–H and O–H groups in total. The third kappa shape index (κ3) is 5.43. The molecule has 4 aromatic rings. The van der Waals surface area contributed by atoms with Gasteiger partial charge in [-0.1, -0.05) is 19.4 Å². The van der Waals surface area contributed by atoms with Crippen LogP contribution in [0, 0.1) is 18.3 Å². The average Bonchev–Trinajstić information content (AvgIpc) is 3.57. The molecule has 1 aliphatic heterocycles. The Hall–Kier alpha value is -4.39. The molecular weight excluding hydrogens is 494 g/mol. The maximum Gasteiger partial charge on any atom is 0.409 e. The summed E-state index contributed by atoms with van der Waals surface area (Å²) in [6.07, 6.45) is 10.0. The minimum absolute atomic E-state index is 0.192. The van der Waals surface area contributed by atoms with Crippen molar-refractivity contribution in [2.45, 2.75) is 58.6 Å². The highest BCUT2D eigenvalue weighted by Crippen LogP contribution is 2.35. The summed E-state index contributed by atoms with van der Waals surface area (Å²) < 4.78 is 15.5. The number of unbranched alkanes of at least 4 members (excludes halogenated alkanes) is 1. The fraction of sp³-hybridized carbons (Fsp3) is 0.414. The number of amides is 1. The molecule has 5 heterocycles. The van der Waals surface area contributed by atoms with Crippen molar-refractivity contribution < 1.29 is 14.3 Å². The lowest BCUT2D eigenvalue weighted by Gasteiger charge is -2.32. The fourth-order valence-electron chi connectivity index (χ4n) is 5.03. The number of piperidine rings is 1. The Labute approximate surface area is 227 Å². The van der Waals surface area contributed by atoms with Gasteiger partial charge in [0.2, 0.25) is 0 Å². The molecule has 0 aliphatic carbocycles. The maximum absolute atomic E-state index is 12.3. The van der Waals surface area contributed by atoms with Crippen LogP contribution in [-0.2, 0) is 4.74 Å². The maximum atomic E-state index is 12.3. The molecule has 10 nitrogen and oxygen atoms in total. The van der Waals surface area contributed by atoms with Crippen molar-refractivity contribution in [1.82, 2.24) is 29.3 Å².